The maximum Gasteiger partial charge on any atom is 0.404 e. The molecule has 168 valence electrons. The van der Waals surface area contributed by atoms with E-state index < -0.39 is 6.09 Å². The number of phenolic OH excluding ortho intramolecular Hbond substituents is 1. The van der Waals surface area contributed by atoms with Gasteiger partial charge in [-0.15, -0.1) is 0 Å². The van der Waals surface area contributed by atoms with Gasteiger partial charge >= 0.3 is 6.09 Å². The number of aromatic hydroxyl groups is 1. The predicted octanol–water partition coefficient (Wildman–Crippen LogP) is 4.82. The van der Waals surface area contributed by atoms with Gasteiger partial charge in [-0.25, -0.2) is 14.8 Å². The number of nitrogens with zero attached hydrogens (tertiary/aromatic N) is 3. The lowest BCUT2D eigenvalue weighted by Gasteiger charge is -2.26. The van der Waals surface area contributed by atoms with Crippen molar-refractivity contribution in [1.82, 2.24) is 15.3 Å². The van der Waals surface area contributed by atoms with Crippen LogP contribution in [0.5, 0.6) is 5.75 Å². The summed E-state index contributed by atoms with van der Waals surface area (Å²) in [5.41, 5.74) is 2.53. The number of hydrogen-bond donors (Lipinski definition) is 3. The molecule has 1 aliphatic heterocycles. The second kappa shape index (κ2) is 9.02. The van der Waals surface area contributed by atoms with Crippen molar-refractivity contribution in [3.63, 3.8) is 0 Å². The number of fused-ring (bicyclic) bond motifs is 1. The van der Waals surface area contributed by atoms with Gasteiger partial charge < -0.3 is 20.4 Å². The van der Waals surface area contributed by atoms with Crippen LogP contribution in [0.4, 0.5) is 10.6 Å². The molecule has 2 aromatic carbocycles. The molecule has 0 radical (unpaired) electrons. The summed E-state index contributed by atoms with van der Waals surface area (Å²) in [4.78, 5) is 23.2. The monoisotopic (exact) mass is 434 g/mol. The fraction of sp³-hybridized carbons (Fsp3) is 0.400. The van der Waals surface area contributed by atoms with Crippen LogP contribution < -0.4 is 10.2 Å². The molecule has 0 saturated carbocycles. The number of para-hydroxylation sites is 1. The van der Waals surface area contributed by atoms with Gasteiger partial charge in [0.25, 0.3) is 0 Å². The van der Waals surface area contributed by atoms with Crippen LogP contribution in [0.15, 0.2) is 42.5 Å². The fourth-order valence-corrected chi connectivity index (χ4v) is 4.59. The van der Waals surface area contributed by atoms with E-state index in [0.717, 1.165) is 48.2 Å². The summed E-state index contributed by atoms with van der Waals surface area (Å²) in [7, 11) is 0. The van der Waals surface area contributed by atoms with E-state index in [1.807, 2.05) is 31.2 Å². The first-order chi connectivity index (χ1) is 15.3. The summed E-state index contributed by atoms with van der Waals surface area (Å²) in [6, 6.07) is 13.1. The molecule has 0 spiro atoms. The molecule has 7 heteroatoms. The van der Waals surface area contributed by atoms with Crippen molar-refractivity contribution in [2.24, 2.45) is 11.8 Å². The minimum absolute atomic E-state index is 0.0921. The Morgan fingerprint density at radius 3 is 2.72 bits per heavy atom. The molecule has 32 heavy (non-hydrogen) atoms. The van der Waals surface area contributed by atoms with Gasteiger partial charge in [-0.05, 0) is 61.4 Å². The van der Waals surface area contributed by atoms with Crippen molar-refractivity contribution in [2.45, 2.75) is 39.7 Å². The number of carboxylic acid groups (broad SMARTS) is 1. The van der Waals surface area contributed by atoms with Crippen LogP contribution in [-0.4, -0.2) is 45.4 Å². The van der Waals surface area contributed by atoms with E-state index in [-0.39, 0.29) is 17.7 Å². The van der Waals surface area contributed by atoms with Crippen LogP contribution in [0, 0.1) is 18.8 Å². The number of amides is 1. The number of rotatable bonds is 6. The zero-order valence-electron chi connectivity index (χ0n) is 18.7. The molecule has 1 aliphatic rings. The van der Waals surface area contributed by atoms with Crippen molar-refractivity contribution >= 4 is 22.8 Å². The highest BCUT2D eigenvalue weighted by Crippen LogP contribution is 2.35. The summed E-state index contributed by atoms with van der Waals surface area (Å²) in [5.74, 6) is 2.07. The van der Waals surface area contributed by atoms with E-state index in [9.17, 15) is 15.0 Å². The number of phenols is 1. The maximum absolute atomic E-state index is 11.4. The Morgan fingerprint density at radius 2 is 2.00 bits per heavy atom. The molecule has 1 aromatic heterocycles. The number of aromatic nitrogens is 2. The summed E-state index contributed by atoms with van der Waals surface area (Å²) < 4.78 is 0. The first kappa shape index (κ1) is 21.9. The topological polar surface area (TPSA) is 98.6 Å². The van der Waals surface area contributed by atoms with Crippen molar-refractivity contribution < 1.29 is 15.0 Å². The third-order valence-corrected chi connectivity index (χ3v) is 6.10. The standard InChI is InChI=1S/C25H30N4O3/c1-15(2)12-20(27-25(31)32)17-10-11-29(14-17)24-18-9-8-16(3)13-21(18)26-23(28-24)19-6-4-5-7-22(19)30/h4-9,13,15,17,20,27,30H,10-12,14H2,1-3H3,(H,31,32)/t17-,20?/m0/s1. The van der Waals surface area contributed by atoms with Crippen LogP contribution in [0.3, 0.4) is 0 Å². The fourth-order valence-electron chi connectivity index (χ4n) is 4.59. The van der Waals surface area contributed by atoms with E-state index in [1.165, 1.54) is 0 Å². The van der Waals surface area contributed by atoms with Gasteiger partial charge in [0.15, 0.2) is 5.82 Å². The van der Waals surface area contributed by atoms with E-state index in [4.69, 9.17) is 9.97 Å². The van der Waals surface area contributed by atoms with Crippen molar-refractivity contribution in [3.05, 3.63) is 48.0 Å². The molecule has 1 fully saturated rings. The Balaban J connectivity index is 1.72. The lowest BCUT2D eigenvalue weighted by Crippen LogP contribution is -2.41. The summed E-state index contributed by atoms with van der Waals surface area (Å²) in [6.07, 6.45) is 0.720. The molecular formula is C25H30N4O3. The normalized spacial score (nSPS) is 17.1. The molecule has 4 rings (SSSR count). The number of carbonyl (C=O) groups is 1. The van der Waals surface area contributed by atoms with Crippen LogP contribution in [0.2, 0.25) is 0 Å². The molecule has 0 aliphatic carbocycles. The number of benzene rings is 2. The van der Waals surface area contributed by atoms with Gasteiger partial charge in [-0.3, -0.25) is 0 Å². The zero-order valence-corrected chi connectivity index (χ0v) is 18.7. The summed E-state index contributed by atoms with van der Waals surface area (Å²) in [6.45, 7) is 7.77. The first-order valence-corrected chi connectivity index (χ1v) is 11.1. The Bertz CT molecular complexity index is 1130. The summed E-state index contributed by atoms with van der Waals surface area (Å²) >= 11 is 0. The Hall–Kier alpha value is -3.35. The van der Waals surface area contributed by atoms with Gasteiger partial charge in [-0.1, -0.05) is 32.0 Å². The third-order valence-electron chi connectivity index (χ3n) is 6.10. The van der Waals surface area contributed by atoms with Crippen LogP contribution in [0.25, 0.3) is 22.3 Å². The number of aryl methyl sites for hydroxylation is 1. The van der Waals surface area contributed by atoms with Gasteiger partial charge in [-0.2, -0.15) is 0 Å². The number of hydrogen-bond acceptors (Lipinski definition) is 5. The highest BCUT2D eigenvalue weighted by atomic mass is 16.4. The number of nitrogens with one attached hydrogen (secondary N) is 1. The Morgan fingerprint density at radius 1 is 1.22 bits per heavy atom. The van der Waals surface area contributed by atoms with Gasteiger partial charge in [0, 0.05) is 24.5 Å². The van der Waals surface area contributed by atoms with Gasteiger partial charge in [0.2, 0.25) is 0 Å². The van der Waals surface area contributed by atoms with Crippen molar-refractivity contribution in [3.8, 4) is 17.1 Å². The zero-order chi connectivity index (χ0) is 22.8. The van der Waals surface area contributed by atoms with Crippen LogP contribution in [-0.2, 0) is 0 Å². The highest BCUT2D eigenvalue weighted by Gasteiger charge is 2.32. The molecule has 0 bridgehead atoms. The van der Waals surface area contributed by atoms with Crippen molar-refractivity contribution in [2.75, 3.05) is 18.0 Å². The maximum atomic E-state index is 11.4. The molecule has 3 aromatic rings. The predicted molar refractivity (Wildman–Crippen MR) is 126 cm³/mol. The van der Waals surface area contributed by atoms with E-state index >= 15 is 0 Å². The van der Waals surface area contributed by atoms with Gasteiger partial charge in [0.1, 0.15) is 11.6 Å². The Kier molecular flexibility index (Phi) is 6.17. The second-order valence-electron chi connectivity index (χ2n) is 9.09. The molecule has 7 nitrogen and oxygen atoms in total. The lowest BCUT2D eigenvalue weighted by molar-refractivity contribution is 0.181. The van der Waals surface area contributed by atoms with Gasteiger partial charge in [0.05, 0.1) is 11.1 Å². The van der Waals surface area contributed by atoms with Crippen LogP contribution in [0.1, 0.15) is 32.3 Å². The van der Waals surface area contributed by atoms with Crippen molar-refractivity contribution in [1.29, 1.82) is 0 Å². The molecule has 1 unspecified atom stereocenters. The third kappa shape index (κ3) is 4.61. The minimum Gasteiger partial charge on any atom is -0.507 e. The van der Waals surface area contributed by atoms with Crippen LogP contribution >= 0.6 is 0 Å². The molecule has 2 heterocycles. The average molecular weight is 435 g/mol. The SMILES string of the molecule is Cc1ccc2c(N3CC[C@H](C(CC(C)C)NC(=O)O)C3)nc(-c3ccccc3O)nc2c1. The number of anilines is 1. The van der Waals surface area contributed by atoms with E-state index in [1.54, 1.807) is 12.1 Å². The molecule has 1 saturated heterocycles. The second-order valence-corrected chi connectivity index (χ2v) is 9.09. The largest absolute Gasteiger partial charge is 0.507 e. The minimum atomic E-state index is -0.973. The van der Waals surface area contributed by atoms with E-state index in [0.29, 0.717) is 17.3 Å². The summed E-state index contributed by atoms with van der Waals surface area (Å²) in [5, 5.41) is 23.4. The first-order valence-electron chi connectivity index (χ1n) is 11.1. The molecule has 2 atom stereocenters. The molecule has 3 N–H and O–H groups in total. The smallest absolute Gasteiger partial charge is 0.404 e. The average Bonchev–Trinajstić information content (AvgIpc) is 3.22. The quantitative estimate of drug-likeness (QED) is 0.514. The highest BCUT2D eigenvalue weighted by molar-refractivity contribution is 5.92. The molecular weight excluding hydrogens is 404 g/mol. The molecule has 1 amide bonds. The lowest BCUT2D eigenvalue weighted by atomic mass is 9.91. The Labute approximate surface area is 188 Å². The van der Waals surface area contributed by atoms with E-state index in [2.05, 4.69) is 30.1 Å².